The summed E-state index contributed by atoms with van der Waals surface area (Å²) in [6.07, 6.45) is -0.791. The Labute approximate surface area is 205 Å². The Balaban J connectivity index is 1.60. The summed E-state index contributed by atoms with van der Waals surface area (Å²) in [5.74, 6) is 6.75. The third kappa shape index (κ3) is 8.54. The molecule has 0 saturated carbocycles. The van der Waals surface area contributed by atoms with Crippen molar-refractivity contribution in [2.24, 2.45) is 0 Å². The zero-order chi connectivity index (χ0) is 25.3. The lowest BCUT2D eigenvalue weighted by Gasteiger charge is -2.22. The van der Waals surface area contributed by atoms with Crippen LogP contribution in [0.15, 0.2) is 78.9 Å². The van der Waals surface area contributed by atoms with E-state index in [4.69, 9.17) is 9.47 Å². The molecule has 2 amide bonds. The van der Waals surface area contributed by atoms with Crippen LogP contribution in [-0.4, -0.2) is 35.4 Å². The normalized spacial score (nSPS) is 11.4. The van der Waals surface area contributed by atoms with E-state index < -0.39 is 30.3 Å². The molecule has 3 aromatic carbocycles. The minimum Gasteiger partial charge on any atom is -0.457 e. The van der Waals surface area contributed by atoms with E-state index in [9.17, 15) is 14.7 Å². The van der Waals surface area contributed by atoms with Crippen molar-refractivity contribution in [3.8, 4) is 23.3 Å². The molecule has 35 heavy (non-hydrogen) atoms. The van der Waals surface area contributed by atoms with Crippen molar-refractivity contribution in [2.75, 3.05) is 11.9 Å². The quantitative estimate of drug-likeness (QED) is 0.452. The summed E-state index contributed by atoms with van der Waals surface area (Å²) in [6, 6.07) is 22.7. The van der Waals surface area contributed by atoms with Crippen molar-refractivity contribution in [2.45, 2.75) is 32.4 Å². The van der Waals surface area contributed by atoms with Crippen LogP contribution in [0.4, 0.5) is 10.5 Å². The minimum atomic E-state index is -1.17. The van der Waals surface area contributed by atoms with Gasteiger partial charge in [-0.25, -0.2) is 4.79 Å². The number of carbonyl (C=O) groups is 2. The van der Waals surface area contributed by atoms with Gasteiger partial charge in [-0.05, 0) is 69.3 Å². The molecule has 3 rings (SSSR count). The van der Waals surface area contributed by atoms with Crippen LogP contribution in [-0.2, 0) is 9.53 Å². The first-order valence-corrected chi connectivity index (χ1v) is 11.1. The van der Waals surface area contributed by atoms with Crippen molar-refractivity contribution >= 4 is 17.7 Å². The summed E-state index contributed by atoms with van der Waals surface area (Å²) in [6.45, 7) is 4.54. The van der Waals surface area contributed by atoms with Crippen molar-refractivity contribution in [3.05, 3.63) is 90.0 Å². The van der Waals surface area contributed by atoms with E-state index in [0.717, 1.165) is 11.1 Å². The standard InChI is InChI=1S/C28H28N2O5/c1-28(2,3)35-27(33)30-25(19-31)26(32)29-22-10-7-11-24(18-22)34-23-16-14-21(15-17-23)13-12-20-8-5-4-6-9-20/h4-11,14-18,25,31H,19H2,1-3H3,(H,29,32)(H,30,33)/t25-/m1/s1. The molecule has 0 bridgehead atoms. The third-order valence-corrected chi connectivity index (χ3v) is 4.51. The number of aliphatic hydroxyl groups is 1. The Kier molecular flexibility index (Phi) is 8.49. The number of anilines is 1. The van der Waals surface area contributed by atoms with E-state index in [1.165, 1.54) is 0 Å². The number of alkyl carbamates (subject to hydrolysis) is 1. The van der Waals surface area contributed by atoms with Gasteiger partial charge < -0.3 is 25.2 Å². The van der Waals surface area contributed by atoms with Gasteiger partial charge in [0.2, 0.25) is 5.91 Å². The van der Waals surface area contributed by atoms with E-state index in [1.54, 1.807) is 45.0 Å². The number of hydrogen-bond donors (Lipinski definition) is 3. The zero-order valence-corrected chi connectivity index (χ0v) is 19.9. The van der Waals surface area contributed by atoms with Gasteiger partial charge in [-0.1, -0.05) is 36.1 Å². The largest absolute Gasteiger partial charge is 0.457 e. The number of benzene rings is 3. The highest BCUT2D eigenvalue weighted by Crippen LogP contribution is 2.24. The Hall–Kier alpha value is -4.28. The van der Waals surface area contributed by atoms with Crippen LogP contribution in [0, 0.1) is 11.8 Å². The number of carbonyl (C=O) groups excluding carboxylic acids is 2. The molecule has 0 spiro atoms. The molecule has 0 aliphatic rings. The molecule has 0 unspecified atom stereocenters. The van der Waals surface area contributed by atoms with Crippen LogP contribution >= 0.6 is 0 Å². The number of hydrogen-bond acceptors (Lipinski definition) is 5. The van der Waals surface area contributed by atoms with Gasteiger partial charge in [0, 0.05) is 22.9 Å². The Morgan fingerprint density at radius 2 is 1.54 bits per heavy atom. The fraction of sp³-hybridized carbons (Fsp3) is 0.214. The predicted molar refractivity (Wildman–Crippen MR) is 134 cm³/mol. The zero-order valence-electron chi connectivity index (χ0n) is 19.9. The van der Waals surface area contributed by atoms with Crippen molar-refractivity contribution in [1.29, 1.82) is 0 Å². The van der Waals surface area contributed by atoms with Crippen LogP contribution < -0.4 is 15.4 Å². The van der Waals surface area contributed by atoms with Crippen LogP contribution in [0.3, 0.4) is 0 Å². The second-order valence-corrected chi connectivity index (χ2v) is 8.64. The second kappa shape index (κ2) is 11.7. The fourth-order valence-corrected chi connectivity index (χ4v) is 2.92. The molecule has 0 heterocycles. The summed E-state index contributed by atoms with van der Waals surface area (Å²) in [5, 5.41) is 14.6. The van der Waals surface area contributed by atoms with Gasteiger partial charge >= 0.3 is 6.09 Å². The molecule has 0 radical (unpaired) electrons. The van der Waals surface area contributed by atoms with Crippen LogP contribution in [0.2, 0.25) is 0 Å². The summed E-state index contributed by atoms with van der Waals surface area (Å²) < 4.78 is 11.0. The molecule has 0 aliphatic carbocycles. The second-order valence-electron chi connectivity index (χ2n) is 8.64. The maximum Gasteiger partial charge on any atom is 0.408 e. The molecule has 7 nitrogen and oxygen atoms in total. The first-order chi connectivity index (χ1) is 16.7. The molecule has 0 saturated heterocycles. The fourth-order valence-electron chi connectivity index (χ4n) is 2.92. The maximum absolute atomic E-state index is 12.5. The van der Waals surface area contributed by atoms with Gasteiger partial charge in [0.1, 0.15) is 23.1 Å². The van der Waals surface area contributed by atoms with Crippen molar-refractivity contribution in [3.63, 3.8) is 0 Å². The summed E-state index contributed by atoms with van der Waals surface area (Å²) >= 11 is 0. The summed E-state index contributed by atoms with van der Waals surface area (Å²) in [4.78, 5) is 24.4. The average molecular weight is 473 g/mol. The van der Waals surface area contributed by atoms with E-state index in [-0.39, 0.29) is 0 Å². The first kappa shape index (κ1) is 25.3. The molecule has 0 aliphatic heterocycles. The molecule has 0 aromatic heterocycles. The predicted octanol–water partition coefficient (Wildman–Crippen LogP) is 4.70. The highest BCUT2D eigenvalue weighted by Gasteiger charge is 2.24. The van der Waals surface area contributed by atoms with Crippen molar-refractivity contribution in [1.82, 2.24) is 5.32 Å². The Bertz CT molecular complexity index is 1210. The first-order valence-electron chi connectivity index (χ1n) is 11.1. The van der Waals surface area contributed by atoms with Crippen LogP contribution in [0.5, 0.6) is 11.5 Å². The highest BCUT2D eigenvalue weighted by molar-refractivity contribution is 5.96. The number of rotatable bonds is 6. The van der Waals surface area contributed by atoms with Crippen LogP contribution in [0.1, 0.15) is 31.9 Å². The average Bonchev–Trinajstić information content (AvgIpc) is 2.82. The molecule has 7 heteroatoms. The number of aliphatic hydroxyl groups excluding tert-OH is 1. The van der Waals surface area contributed by atoms with E-state index >= 15 is 0 Å². The molecule has 3 N–H and O–H groups in total. The third-order valence-electron chi connectivity index (χ3n) is 4.51. The van der Waals surface area contributed by atoms with Gasteiger partial charge in [-0.3, -0.25) is 4.79 Å². The highest BCUT2D eigenvalue weighted by atomic mass is 16.6. The minimum absolute atomic E-state index is 0.447. The number of amides is 2. The number of nitrogens with one attached hydrogen (secondary N) is 2. The molecular formula is C28H28N2O5. The van der Waals surface area contributed by atoms with Gasteiger partial charge in [-0.2, -0.15) is 0 Å². The van der Waals surface area contributed by atoms with Gasteiger partial charge in [-0.15, -0.1) is 0 Å². The SMILES string of the molecule is CC(C)(C)OC(=O)N[C@H](CO)C(=O)Nc1cccc(Oc2ccc(C#Cc3ccccc3)cc2)c1. The molecule has 1 atom stereocenters. The van der Waals surface area contributed by atoms with E-state index in [2.05, 4.69) is 22.5 Å². The topological polar surface area (TPSA) is 96.9 Å². The Morgan fingerprint density at radius 1 is 0.886 bits per heavy atom. The van der Waals surface area contributed by atoms with E-state index in [0.29, 0.717) is 17.2 Å². The molecule has 3 aromatic rings. The van der Waals surface area contributed by atoms with Crippen molar-refractivity contribution < 1.29 is 24.2 Å². The molecule has 0 fully saturated rings. The maximum atomic E-state index is 12.5. The monoisotopic (exact) mass is 472 g/mol. The van der Waals surface area contributed by atoms with E-state index in [1.807, 2.05) is 54.6 Å². The summed E-state index contributed by atoms with van der Waals surface area (Å²) in [7, 11) is 0. The lowest BCUT2D eigenvalue weighted by Crippen LogP contribution is -2.47. The van der Waals surface area contributed by atoms with Gasteiger partial charge in [0.25, 0.3) is 0 Å². The van der Waals surface area contributed by atoms with Crippen LogP contribution in [0.25, 0.3) is 0 Å². The van der Waals surface area contributed by atoms with Gasteiger partial charge in [0.05, 0.1) is 6.61 Å². The Morgan fingerprint density at radius 3 is 2.17 bits per heavy atom. The lowest BCUT2D eigenvalue weighted by atomic mass is 10.2. The molecule has 180 valence electrons. The lowest BCUT2D eigenvalue weighted by molar-refractivity contribution is -0.119. The van der Waals surface area contributed by atoms with Gasteiger partial charge in [0.15, 0.2) is 0 Å². The smallest absolute Gasteiger partial charge is 0.408 e. The molecular weight excluding hydrogens is 444 g/mol. The number of ether oxygens (including phenoxy) is 2. The summed E-state index contributed by atoms with van der Waals surface area (Å²) in [5.41, 5.74) is 1.52.